The topological polar surface area (TPSA) is 9.23 Å². The summed E-state index contributed by atoms with van der Waals surface area (Å²) in [6.07, 6.45) is 3.87. The third-order valence-electron chi connectivity index (χ3n) is 2.28. The molecule has 0 saturated carbocycles. The van der Waals surface area contributed by atoms with Crippen LogP contribution in [0.2, 0.25) is 5.02 Å². The Balaban J connectivity index is 2.52. The van der Waals surface area contributed by atoms with E-state index in [1.165, 1.54) is 0 Å². The highest BCUT2D eigenvalue weighted by Crippen LogP contribution is 2.23. The molecule has 86 valence electrons. The number of ether oxygens (including phenoxy) is 1. The number of hydrogen-bond acceptors (Lipinski definition) is 1. The van der Waals surface area contributed by atoms with E-state index in [1.54, 1.807) is 7.11 Å². The molecule has 0 unspecified atom stereocenters. The molecule has 1 aromatic rings. The first-order chi connectivity index (χ1) is 7.77. The summed E-state index contributed by atoms with van der Waals surface area (Å²) in [6.45, 7) is 2.13. The molecule has 16 heavy (non-hydrogen) atoms. The predicted octanol–water partition coefficient (Wildman–Crippen LogP) is 4.08. The molecular formula is C14H17ClO. The average molecular weight is 237 g/mol. The lowest BCUT2D eigenvalue weighted by atomic mass is 10.1. The van der Waals surface area contributed by atoms with Crippen molar-refractivity contribution in [2.24, 2.45) is 0 Å². The van der Waals surface area contributed by atoms with E-state index < -0.39 is 0 Å². The van der Waals surface area contributed by atoms with Gasteiger partial charge in [-0.1, -0.05) is 24.6 Å². The minimum absolute atomic E-state index is 0.761. The molecule has 0 aliphatic carbocycles. The summed E-state index contributed by atoms with van der Waals surface area (Å²) in [5.74, 6) is 7.08. The highest BCUT2D eigenvalue weighted by Gasteiger charge is 2.00. The van der Waals surface area contributed by atoms with Crippen LogP contribution in [0.15, 0.2) is 18.2 Å². The van der Waals surface area contributed by atoms with Gasteiger partial charge in [-0.15, -0.1) is 11.8 Å². The van der Waals surface area contributed by atoms with Gasteiger partial charge in [-0.05, 0) is 30.5 Å². The van der Waals surface area contributed by atoms with Crippen molar-refractivity contribution in [1.82, 2.24) is 0 Å². The molecule has 1 nitrogen and oxygen atoms in total. The van der Waals surface area contributed by atoms with Crippen molar-refractivity contribution in [3.63, 3.8) is 0 Å². The molecule has 2 heteroatoms. The molecule has 0 heterocycles. The first kappa shape index (κ1) is 12.9. The minimum Gasteiger partial charge on any atom is -0.497 e. The summed E-state index contributed by atoms with van der Waals surface area (Å²) in [6, 6.07) is 5.78. The molecule has 1 aromatic carbocycles. The van der Waals surface area contributed by atoms with Crippen LogP contribution in [0, 0.1) is 11.8 Å². The Labute approximate surface area is 103 Å². The molecule has 0 aliphatic rings. The van der Waals surface area contributed by atoms with Gasteiger partial charge in [-0.2, -0.15) is 0 Å². The van der Waals surface area contributed by atoms with Crippen molar-refractivity contribution in [2.75, 3.05) is 7.11 Å². The molecule has 0 aliphatic heterocycles. The van der Waals surface area contributed by atoms with Crippen LogP contribution >= 0.6 is 11.6 Å². The lowest BCUT2D eigenvalue weighted by molar-refractivity contribution is 0.414. The maximum absolute atomic E-state index is 6.12. The van der Waals surface area contributed by atoms with Crippen LogP contribution in [0.1, 0.15) is 31.7 Å². The van der Waals surface area contributed by atoms with Crippen molar-refractivity contribution >= 4 is 11.6 Å². The summed E-state index contributed by atoms with van der Waals surface area (Å²) >= 11 is 6.12. The van der Waals surface area contributed by atoms with Crippen LogP contribution in [-0.2, 0) is 6.42 Å². The van der Waals surface area contributed by atoms with Crippen molar-refractivity contribution in [3.8, 4) is 17.6 Å². The van der Waals surface area contributed by atoms with Gasteiger partial charge < -0.3 is 4.74 Å². The van der Waals surface area contributed by atoms with E-state index >= 15 is 0 Å². The van der Waals surface area contributed by atoms with Gasteiger partial charge in [0, 0.05) is 17.9 Å². The standard InChI is InChI=1S/C14H17ClO/c1-3-4-5-6-7-8-12-9-10-13(16-2)11-14(12)15/h9-11H,3-4,7-8H2,1-2H3. The fraction of sp³-hybridized carbons (Fsp3) is 0.429. The molecule has 0 radical (unpaired) electrons. The Kier molecular flexibility index (Phi) is 5.82. The van der Waals surface area contributed by atoms with E-state index in [1.807, 2.05) is 18.2 Å². The summed E-state index contributed by atoms with van der Waals surface area (Å²) in [4.78, 5) is 0. The van der Waals surface area contributed by atoms with E-state index in [9.17, 15) is 0 Å². The van der Waals surface area contributed by atoms with Crippen LogP contribution in [-0.4, -0.2) is 7.11 Å². The van der Waals surface area contributed by atoms with Gasteiger partial charge in [0.1, 0.15) is 5.75 Å². The van der Waals surface area contributed by atoms with Crippen molar-refractivity contribution < 1.29 is 4.74 Å². The van der Waals surface area contributed by atoms with Gasteiger partial charge >= 0.3 is 0 Å². The van der Waals surface area contributed by atoms with E-state index in [-0.39, 0.29) is 0 Å². The quantitative estimate of drug-likeness (QED) is 0.716. The molecule has 0 aromatic heterocycles. The summed E-state index contributed by atoms with van der Waals surface area (Å²) in [7, 11) is 1.64. The van der Waals surface area contributed by atoms with Gasteiger partial charge in [0.25, 0.3) is 0 Å². The molecule has 0 saturated heterocycles. The molecule has 1 rings (SSSR count). The number of benzene rings is 1. The summed E-state index contributed by atoms with van der Waals surface area (Å²) in [5, 5.41) is 0.761. The zero-order valence-corrected chi connectivity index (χ0v) is 10.6. The number of rotatable bonds is 4. The first-order valence-corrected chi connectivity index (χ1v) is 5.94. The van der Waals surface area contributed by atoms with Gasteiger partial charge in [0.05, 0.1) is 7.11 Å². The SMILES string of the molecule is CCCC#CCCc1ccc(OC)cc1Cl. The lowest BCUT2D eigenvalue weighted by Gasteiger charge is -2.04. The van der Waals surface area contributed by atoms with E-state index in [0.717, 1.165) is 42.0 Å². The number of aryl methyl sites for hydroxylation is 1. The van der Waals surface area contributed by atoms with Crippen LogP contribution < -0.4 is 4.74 Å². The lowest BCUT2D eigenvalue weighted by Crippen LogP contribution is -1.88. The second kappa shape index (κ2) is 7.19. The summed E-state index contributed by atoms with van der Waals surface area (Å²) in [5.41, 5.74) is 1.13. The smallest absolute Gasteiger partial charge is 0.120 e. The number of unbranched alkanes of at least 4 members (excludes halogenated alkanes) is 1. The second-order valence-corrected chi connectivity index (χ2v) is 3.97. The maximum atomic E-state index is 6.12. The molecular weight excluding hydrogens is 220 g/mol. The van der Waals surface area contributed by atoms with Crippen LogP contribution in [0.4, 0.5) is 0 Å². The molecule has 0 amide bonds. The van der Waals surface area contributed by atoms with Crippen molar-refractivity contribution in [2.45, 2.75) is 32.6 Å². The molecule has 0 atom stereocenters. The number of halogens is 1. The van der Waals surface area contributed by atoms with Gasteiger partial charge in [0.2, 0.25) is 0 Å². The fourth-order valence-corrected chi connectivity index (χ4v) is 1.62. The van der Waals surface area contributed by atoms with Crippen molar-refractivity contribution in [1.29, 1.82) is 0 Å². The Morgan fingerprint density at radius 2 is 2.00 bits per heavy atom. The zero-order chi connectivity index (χ0) is 11.8. The fourth-order valence-electron chi connectivity index (χ4n) is 1.36. The normalized spacial score (nSPS) is 9.44. The number of methoxy groups -OCH3 is 1. The Bertz CT molecular complexity index is 387. The first-order valence-electron chi connectivity index (χ1n) is 5.56. The highest BCUT2D eigenvalue weighted by atomic mass is 35.5. The van der Waals surface area contributed by atoms with Gasteiger partial charge in [0.15, 0.2) is 0 Å². The Morgan fingerprint density at radius 1 is 1.25 bits per heavy atom. The predicted molar refractivity (Wildman–Crippen MR) is 69.0 cm³/mol. The third kappa shape index (κ3) is 4.16. The van der Waals surface area contributed by atoms with Crippen molar-refractivity contribution in [3.05, 3.63) is 28.8 Å². The largest absolute Gasteiger partial charge is 0.497 e. The van der Waals surface area contributed by atoms with Gasteiger partial charge in [-0.3, -0.25) is 0 Å². The molecule has 0 spiro atoms. The Hall–Kier alpha value is -1.13. The second-order valence-electron chi connectivity index (χ2n) is 3.56. The van der Waals surface area contributed by atoms with Gasteiger partial charge in [-0.25, -0.2) is 0 Å². The van der Waals surface area contributed by atoms with E-state index in [2.05, 4.69) is 18.8 Å². The highest BCUT2D eigenvalue weighted by molar-refractivity contribution is 6.31. The Morgan fingerprint density at radius 3 is 2.62 bits per heavy atom. The molecule has 0 N–H and O–H groups in total. The van der Waals surface area contributed by atoms with E-state index in [0.29, 0.717) is 0 Å². The molecule has 0 fully saturated rings. The zero-order valence-electron chi connectivity index (χ0n) is 9.85. The monoisotopic (exact) mass is 236 g/mol. The minimum atomic E-state index is 0.761. The maximum Gasteiger partial charge on any atom is 0.120 e. The average Bonchev–Trinajstić information content (AvgIpc) is 2.30. The number of hydrogen-bond donors (Lipinski definition) is 0. The molecule has 0 bridgehead atoms. The third-order valence-corrected chi connectivity index (χ3v) is 2.63. The van der Waals surface area contributed by atoms with Crippen LogP contribution in [0.3, 0.4) is 0 Å². The van der Waals surface area contributed by atoms with Crippen LogP contribution in [0.25, 0.3) is 0 Å². The summed E-state index contributed by atoms with van der Waals surface area (Å²) < 4.78 is 5.10. The van der Waals surface area contributed by atoms with Crippen LogP contribution in [0.5, 0.6) is 5.75 Å². The van der Waals surface area contributed by atoms with E-state index in [4.69, 9.17) is 16.3 Å².